The average molecular weight is 314 g/mol. The second-order valence-electron chi connectivity index (χ2n) is 5.27. The van der Waals surface area contributed by atoms with Crippen LogP contribution in [0.15, 0.2) is 79.1 Å². The lowest BCUT2D eigenvalue weighted by atomic mass is 10.1. The van der Waals surface area contributed by atoms with E-state index in [9.17, 15) is 4.79 Å². The first kappa shape index (κ1) is 14.1. The number of nitrogens with one attached hydrogen (secondary N) is 1. The minimum absolute atomic E-state index is 0.265. The molecule has 0 saturated heterocycles. The van der Waals surface area contributed by atoms with Crippen LogP contribution in [0, 0.1) is 0 Å². The van der Waals surface area contributed by atoms with Crippen LogP contribution in [0.3, 0.4) is 0 Å². The summed E-state index contributed by atoms with van der Waals surface area (Å²) in [7, 11) is 0. The summed E-state index contributed by atoms with van der Waals surface area (Å²) >= 11 is 0. The minimum Gasteiger partial charge on any atom is -0.304 e. The van der Waals surface area contributed by atoms with Crippen molar-refractivity contribution < 1.29 is 4.79 Å². The van der Waals surface area contributed by atoms with Gasteiger partial charge in [0.05, 0.1) is 0 Å². The summed E-state index contributed by atoms with van der Waals surface area (Å²) in [6.07, 6.45) is 3.48. The van der Waals surface area contributed by atoms with Crippen molar-refractivity contribution in [1.82, 2.24) is 14.4 Å². The van der Waals surface area contributed by atoms with Crippen molar-refractivity contribution in [2.24, 2.45) is 0 Å². The summed E-state index contributed by atoms with van der Waals surface area (Å²) in [4.78, 5) is 21.3. The molecule has 0 spiro atoms. The Bertz CT molecular complexity index is 994. The fraction of sp³-hybridized carbons (Fsp3) is 0. The maximum Gasteiger partial charge on any atom is 0.275 e. The van der Waals surface area contributed by atoms with Crippen LogP contribution in [0.1, 0.15) is 10.5 Å². The van der Waals surface area contributed by atoms with Gasteiger partial charge >= 0.3 is 0 Å². The summed E-state index contributed by atoms with van der Waals surface area (Å²) in [5, 5.41) is 2.95. The van der Waals surface area contributed by atoms with Crippen LogP contribution in [0.4, 0.5) is 5.82 Å². The van der Waals surface area contributed by atoms with Crippen molar-refractivity contribution in [3.8, 4) is 11.3 Å². The number of aromatic nitrogens is 3. The topological polar surface area (TPSA) is 59.3 Å². The lowest BCUT2D eigenvalue weighted by Gasteiger charge is -2.07. The Balaban J connectivity index is 1.83. The van der Waals surface area contributed by atoms with E-state index in [0.29, 0.717) is 11.5 Å². The highest BCUT2D eigenvalue weighted by Crippen LogP contribution is 2.28. The van der Waals surface area contributed by atoms with Gasteiger partial charge in [0.25, 0.3) is 5.91 Å². The van der Waals surface area contributed by atoms with Crippen LogP contribution in [0.5, 0.6) is 0 Å². The van der Waals surface area contributed by atoms with Gasteiger partial charge in [-0.25, -0.2) is 4.98 Å². The second kappa shape index (κ2) is 5.96. The number of hydrogen-bond donors (Lipinski definition) is 1. The highest BCUT2D eigenvalue weighted by atomic mass is 16.2. The molecule has 0 radical (unpaired) electrons. The van der Waals surface area contributed by atoms with Crippen molar-refractivity contribution in [1.29, 1.82) is 0 Å². The van der Waals surface area contributed by atoms with Crippen molar-refractivity contribution >= 4 is 17.4 Å². The zero-order valence-corrected chi connectivity index (χ0v) is 12.8. The van der Waals surface area contributed by atoms with E-state index in [1.54, 1.807) is 24.4 Å². The fourth-order valence-electron chi connectivity index (χ4n) is 2.58. The van der Waals surface area contributed by atoms with Gasteiger partial charge in [-0.05, 0) is 24.3 Å². The van der Waals surface area contributed by atoms with Gasteiger partial charge < -0.3 is 5.32 Å². The van der Waals surface area contributed by atoms with Gasteiger partial charge in [0.15, 0.2) is 0 Å². The Labute approximate surface area is 138 Å². The van der Waals surface area contributed by atoms with Crippen LogP contribution < -0.4 is 5.32 Å². The summed E-state index contributed by atoms with van der Waals surface area (Å²) in [6, 6.07) is 20.8. The van der Waals surface area contributed by atoms with Crippen LogP contribution in [0.2, 0.25) is 0 Å². The molecule has 24 heavy (non-hydrogen) atoms. The number of carbonyl (C=O) groups excluding carboxylic acids is 1. The molecule has 116 valence electrons. The number of fused-ring (bicyclic) bond motifs is 1. The normalized spacial score (nSPS) is 10.7. The third-order valence-electron chi connectivity index (χ3n) is 3.71. The number of imidazole rings is 1. The van der Waals surface area contributed by atoms with E-state index in [2.05, 4.69) is 15.3 Å². The third kappa shape index (κ3) is 2.52. The van der Waals surface area contributed by atoms with E-state index in [4.69, 9.17) is 0 Å². The lowest BCUT2D eigenvalue weighted by molar-refractivity contribution is 0.102. The minimum atomic E-state index is -0.265. The number of benzene rings is 1. The standard InChI is InChI=1S/C19H14N4O/c24-19(15-10-4-6-12-20-15)22-18-17(14-8-2-1-3-9-14)21-16-11-5-7-13-23(16)18/h1-13H,(H,22,24). The fourth-order valence-corrected chi connectivity index (χ4v) is 2.58. The smallest absolute Gasteiger partial charge is 0.275 e. The molecule has 4 rings (SSSR count). The molecule has 1 amide bonds. The van der Waals surface area contributed by atoms with Gasteiger partial charge in [0.1, 0.15) is 22.9 Å². The molecule has 0 atom stereocenters. The molecule has 0 aliphatic rings. The summed E-state index contributed by atoms with van der Waals surface area (Å²) in [6.45, 7) is 0. The van der Waals surface area contributed by atoms with E-state index in [1.807, 2.05) is 59.1 Å². The molecule has 1 aromatic carbocycles. The Hall–Kier alpha value is -3.47. The van der Waals surface area contributed by atoms with Crippen LogP contribution in [0.25, 0.3) is 16.9 Å². The summed E-state index contributed by atoms with van der Waals surface area (Å²) in [5.41, 5.74) is 2.80. The molecular formula is C19H14N4O. The zero-order chi connectivity index (χ0) is 16.4. The molecule has 1 N–H and O–H groups in total. The largest absolute Gasteiger partial charge is 0.304 e. The number of rotatable bonds is 3. The molecule has 5 heteroatoms. The average Bonchev–Trinajstić information content (AvgIpc) is 3.02. The predicted octanol–water partition coefficient (Wildman–Crippen LogP) is 3.65. The van der Waals surface area contributed by atoms with Crippen LogP contribution >= 0.6 is 0 Å². The second-order valence-corrected chi connectivity index (χ2v) is 5.27. The van der Waals surface area contributed by atoms with E-state index < -0.39 is 0 Å². The Morgan fingerprint density at radius 3 is 2.50 bits per heavy atom. The number of nitrogens with zero attached hydrogens (tertiary/aromatic N) is 3. The highest BCUT2D eigenvalue weighted by molar-refractivity contribution is 6.04. The number of carbonyl (C=O) groups is 1. The molecule has 0 aliphatic carbocycles. The Morgan fingerprint density at radius 1 is 0.917 bits per heavy atom. The molecule has 0 aliphatic heterocycles. The van der Waals surface area contributed by atoms with Gasteiger partial charge in [-0.1, -0.05) is 42.5 Å². The van der Waals surface area contributed by atoms with E-state index in [1.165, 1.54) is 0 Å². The maximum atomic E-state index is 12.5. The van der Waals surface area contributed by atoms with Gasteiger partial charge in [-0.3, -0.25) is 14.2 Å². The van der Waals surface area contributed by atoms with Crippen LogP contribution in [-0.2, 0) is 0 Å². The quantitative estimate of drug-likeness (QED) is 0.628. The number of pyridine rings is 2. The van der Waals surface area contributed by atoms with E-state index in [0.717, 1.165) is 16.9 Å². The first-order valence-corrected chi connectivity index (χ1v) is 7.58. The van der Waals surface area contributed by atoms with E-state index in [-0.39, 0.29) is 5.91 Å². The highest BCUT2D eigenvalue weighted by Gasteiger charge is 2.17. The maximum absolute atomic E-state index is 12.5. The molecule has 0 unspecified atom stereocenters. The SMILES string of the molecule is O=C(Nc1c(-c2ccccc2)nc2ccccn12)c1ccccn1. The molecule has 0 saturated carbocycles. The summed E-state index contributed by atoms with van der Waals surface area (Å²) in [5.74, 6) is 0.367. The first-order chi connectivity index (χ1) is 11.8. The van der Waals surface area contributed by atoms with Crippen LogP contribution in [-0.4, -0.2) is 20.3 Å². The van der Waals surface area contributed by atoms with Gasteiger partial charge in [0.2, 0.25) is 0 Å². The Morgan fingerprint density at radius 2 is 1.71 bits per heavy atom. The van der Waals surface area contributed by atoms with Gasteiger partial charge in [-0.2, -0.15) is 0 Å². The zero-order valence-electron chi connectivity index (χ0n) is 12.8. The number of anilines is 1. The molecule has 3 heterocycles. The molecule has 0 bridgehead atoms. The van der Waals surface area contributed by atoms with Crippen molar-refractivity contribution in [2.45, 2.75) is 0 Å². The van der Waals surface area contributed by atoms with Gasteiger partial charge in [0, 0.05) is 18.0 Å². The molecule has 3 aromatic heterocycles. The van der Waals surface area contributed by atoms with Crippen molar-refractivity contribution in [2.75, 3.05) is 5.32 Å². The van der Waals surface area contributed by atoms with Crippen molar-refractivity contribution in [3.05, 3.63) is 84.8 Å². The monoisotopic (exact) mass is 314 g/mol. The molecular weight excluding hydrogens is 300 g/mol. The molecule has 4 aromatic rings. The molecule has 5 nitrogen and oxygen atoms in total. The Kier molecular flexibility index (Phi) is 3.51. The van der Waals surface area contributed by atoms with Gasteiger partial charge in [-0.15, -0.1) is 0 Å². The summed E-state index contributed by atoms with van der Waals surface area (Å²) < 4.78 is 1.86. The van der Waals surface area contributed by atoms with Crippen molar-refractivity contribution in [3.63, 3.8) is 0 Å². The number of amides is 1. The van der Waals surface area contributed by atoms with E-state index >= 15 is 0 Å². The first-order valence-electron chi connectivity index (χ1n) is 7.58. The lowest BCUT2D eigenvalue weighted by Crippen LogP contribution is -2.15. The third-order valence-corrected chi connectivity index (χ3v) is 3.71. The number of hydrogen-bond acceptors (Lipinski definition) is 3. The molecule has 0 fully saturated rings. The predicted molar refractivity (Wildman–Crippen MR) is 92.8 cm³/mol.